The molecule has 1 aliphatic heterocycles. The molecule has 5 nitrogen and oxygen atoms in total. The largest absolute Gasteiger partial charge is 0.314 e. The maximum atomic E-state index is 13.3. The highest BCUT2D eigenvalue weighted by Gasteiger charge is 2.25. The number of nitro groups is 1. The summed E-state index contributed by atoms with van der Waals surface area (Å²) in [4.78, 5) is 11.8. The minimum absolute atomic E-state index is 0.442. The number of nitrogens with one attached hydrogen (secondary N) is 1. The van der Waals surface area contributed by atoms with Gasteiger partial charge < -0.3 is 5.32 Å². The fourth-order valence-corrected chi connectivity index (χ4v) is 2.27. The Balaban J connectivity index is 2.27. The van der Waals surface area contributed by atoms with E-state index in [1.807, 2.05) is 4.90 Å². The molecule has 0 aliphatic carbocycles. The van der Waals surface area contributed by atoms with Crippen molar-refractivity contribution in [3.63, 3.8) is 0 Å². The van der Waals surface area contributed by atoms with Gasteiger partial charge in [-0.3, -0.25) is 15.0 Å². The van der Waals surface area contributed by atoms with Gasteiger partial charge in [0.25, 0.3) is 0 Å². The predicted octanol–water partition coefficient (Wildman–Crippen LogP) is 1.65. The van der Waals surface area contributed by atoms with E-state index in [-0.39, 0.29) is 0 Å². The Bertz CT molecular complexity index is 464. The van der Waals surface area contributed by atoms with Crippen LogP contribution in [0.25, 0.3) is 0 Å². The lowest BCUT2D eigenvalue weighted by Gasteiger charge is -2.33. The summed E-state index contributed by atoms with van der Waals surface area (Å²) in [7, 11) is 0. The van der Waals surface area contributed by atoms with Crippen LogP contribution in [-0.4, -0.2) is 42.7 Å². The van der Waals surface area contributed by atoms with Crippen molar-refractivity contribution < 1.29 is 13.7 Å². The van der Waals surface area contributed by atoms with Crippen molar-refractivity contribution in [2.75, 3.05) is 32.9 Å². The minimum atomic E-state index is -0.897. The van der Waals surface area contributed by atoms with Gasteiger partial charge >= 0.3 is 5.69 Å². The van der Waals surface area contributed by atoms with Crippen LogP contribution in [0, 0.1) is 15.9 Å². The molecule has 1 aliphatic rings. The van der Waals surface area contributed by atoms with Crippen molar-refractivity contribution in [2.45, 2.75) is 6.04 Å². The molecule has 2 rings (SSSR count). The maximum Gasteiger partial charge on any atom is 0.305 e. The molecule has 1 fully saturated rings. The van der Waals surface area contributed by atoms with E-state index in [0.29, 0.717) is 18.7 Å². The maximum absolute atomic E-state index is 13.3. The number of hydrogen-bond donors (Lipinski definition) is 1. The number of rotatable bonds is 4. The van der Waals surface area contributed by atoms with Crippen LogP contribution in [0.1, 0.15) is 11.6 Å². The Morgan fingerprint density at radius 1 is 1.42 bits per heavy atom. The number of hydrogen-bond acceptors (Lipinski definition) is 4. The molecular formula is C12H15F2N3O2. The second kappa shape index (κ2) is 6.03. The summed E-state index contributed by atoms with van der Waals surface area (Å²) in [6.45, 7) is 2.18. The topological polar surface area (TPSA) is 58.4 Å². The average Bonchev–Trinajstić information content (AvgIpc) is 2.42. The lowest BCUT2D eigenvalue weighted by molar-refractivity contribution is -0.387. The number of benzene rings is 1. The number of piperazine rings is 1. The minimum Gasteiger partial charge on any atom is -0.314 e. The van der Waals surface area contributed by atoms with Gasteiger partial charge in [-0.15, -0.1) is 0 Å². The average molecular weight is 271 g/mol. The van der Waals surface area contributed by atoms with Gasteiger partial charge in [0, 0.05) is 32.2 Å². The Kier molecular flexibility index (Phi) is 4.39. The van der Waals surface area contributed by atoms with E-state index in [9.17, 15) is 18.9 Å². The molecule has 7 heteroatoms. The molecule has 0 spiro atoms. The van der Waals surface area contributed by atoms with E-state index >= 15 is 0 Å². The third kappa shape index (κ3) is 3.05. The molecule has 0 bridgehead atoms. The summed E-state index contributed by atoms with van der Waals surface area (Å²) in [6, 6.07) is 3.01. The van der Waals surface area contributed by atoms with Gasteiger partial charge in [0.05, 0.1) is 11.0 Å². The number of nitrogens with zero attached hydrogens (tertiary/aromatic N) is 2. The molecule has 0 amide bonds. The SMILES string of the molecule is O=[N+]([O-])c1cc([C@H](CF)N2CCNCC2)ccc1F. The highest BCUT2D eigenvalue weighted by atomic mass is 19.1. The summed E-state index contributed by atoms with van der Waals surface area (Å²) in [5.41, 5.74) is -0.163. The Labute approximate surface area is 109 Å². The van der Waals surface area contributed by atoms with Gasteiger partial charge in [-0.2, -0.15) is 4.39 Å². The third-order valence-corrected chi connectivity index (χ3v) is 3.29. The van der Waals surface area contributed by atoms with E-state index in [1.165, 1.54) is 6.07 Å². The van der Waals surface area contributed by atoms with E-state index < -0.39 is 29.1 Å². The van der Waals surface area contributed by atoms with Crippen LogP contribution < -0.4 is 5.32 Å². The first-order valence-corrected chi connectivity index (χ1v) is 6.08. The van der Waals surface area contributed by atoms with Gasteiger partial charge in [-0.05, 0) is 11.6 Å². The molecule has 1 heterocycles. The summed E-state index contributed by atoms with van der Waals surface area (Å²) < 4.78 is 26.5. The summed E-state index contributed by atoms with van der Waals surface area (Å²) >= 11 is 0. The van der Waals surface area contributed by atoms with Crippen LogP contribution in [0.15, 0.2) is 18.2 Å². The van der Waals surface area contributed by atoms with Crippen molar-refractivity contribution in [3.05, 3.63) is 39.7 Å². The Morgan fingerprint density at radius 2 is 2.11 bits per heavy atom. The van der Waals surface area contributed by atoms with E-state index in [4.69, 9.17) is 0 Å². The molecule has 0 saturated carbocycles. The number of nitro benzene ring substituents is 1. The predicted molar refractivity (Wildman–Crippen MR) is 66.2 cm³/mol. The zero-order valence-corrected chi connectivity index (χ0v) is 10.3. The Hall–Kier alpha value is -1.60. The number of alkyl halides is 1. The van der Waals surface area contributed by atoms with E-state index in [2.05, 4.69) is 5.32 Å². The van der Waals surface area contributed by atoms with Crippen LogP contribution in [-0.2, 0) is 0 Å². The molecule has 1 atom stereocenters. The normalized spacial score (nSPS) is 18.2. The fraction of sp³-hybridized carbons (Fsp3) is 0.500. The van der Waals surface area contributed by atoms with Crippen molar-refractivity contribution in [3.8, 4) is 0 Å². The Morgan fingerprint density at radius 3 is 2.68 bits per heavy atom. The molecule has 0 aromatic heterocycles. The summed E-state index contributed by atoms with van der Waals surface area (Å²) in [6.07, 6.45) is 0. The number of halogens is 2. The van der Waals surface area contributed by atoms with Crippen LogP contribution in [0.4, 0.5) is 14.5 Å². The van der Waals surface area contributed by atoms with Gasteiger partial charge in [-0.25, -0.2) is 4.39 Å². The van der Waals surface area contributed by atoms with Crippen molar-refractivity contribution in [1.82, 2.24) is 10.2 Å². The molecule has 0 radical (unpaired) electrons. The quantitative estimate of drug-likeness (QED) is 0.668. The zero-order chi connectivity index (χ0) is 13.8. The van der Waals surface area contributed by atoms with E-state index in [0.717, 1.165) is 25.2 Å². The molecular weight excluding hydrogens is 256 g/mol. The highest BCUT2D eigenvalue weighted by Crippen LogP contribution is 2.27. The van der Waals surface area contributed by atoms with Crippen LogP contribution in [0.2, 0.25) is 0 Å². The first-order valence-electron chi connectivity index (χ1n) is 6.08. The highest BCUT2D eigenvalue weighted by molar-refractivity contribution is 5.37. The smallest absolute Gasteiger partial charge is 0.305 e. The van der Waals surface area contributed by atoms with E-state index in [1.54, 1.807) is 0 Å². The van der Waals surface area contributed by atoms with Crippen LogP contribution in [0.3, 0.4) is 0 Å². The standard InChI is InChI=1S/C12H15F2N3O2/c13-8-12(16-5-3-15-4-6-16)9-1-2-10(14)11(7-9)17(18)19/h1-2,7,12,15H,3-6,8H2/t12-/m0/s1. The second-order valence-electron chi connectivity index (χ2n) is 4.42. The monoisotopic (exact) mass is 271 g/mol. The van der Waals surface area contributed by atoms with Crippen LogP contribution >= 0.6 is 0 Å². The second-order valence-corrected chi connectivity index (χ2v) is 4.42. The fourth-order valence-electron chi connectivity index (χ4n) is 2.27. The molecule has 1 N–H and O–H groups in total. The first kappa shape index (κ1) is 13.8. The zero-order valence-electron chi connectivity index (χ0n) is 10.3. The summed E-state index contributed by atoms with van der Waals surface area (Å²) in [5.74, 6) is -0.897. The van der Waals surface area contributed by atoms with Crippen molar-refractivity contribution in [2.24, 2.45) is 0 Å². The molecule has 0 unspecified atom stereocenters. The van der Waals surface area contributed by atoms with Crippen molar-refractivity contribution in [1.29, 1.82) is 0 Å². The molecule has 1 aromatic rings. The molecule has 1 saturated heterocycles. The molecule has 1 aromatic carbocycles. The molecule has 19 heavy (non-hydrogen) atoms. The lowest BCUT2D eigenvalue weighted by Crippen LogP contribution is -2.45. The van der Waals surface area contributed by atoms with Gasteiger partial charge in [0.2, 0.25) is 5.82 Å². The van der Waals surface area contributed by atoms with Gasteiger partial charge in [-0.1, -0.05) is 6.07 Å². The summed E-state index contributed by atoms with van der Waals surface area (Å²) in [5, 5.41) is 13.9. The van der Waals surface area contributed by atoms with Crippen molar-refractivity contribution >= 4 is 5.69 Å². The molecule has 104 valence electrons. The van der Waals surface area contributed by atoms with Crippen LogP contribution in [0.5, 0.6) is 0 Å². The lowest BCUT2D eigenvalue weighted by atomic mass is 10.0. The first-order chi connectivity index (χ1) is 9.13. The third-order valence-electron chi connectivity index (χ3n) is 3.29. The van der Waals surface area contributed by atoms with Gasteiger partial charge in [0.15, 0.2) is 0 Å². The van der Waals surface area contributed by atoms with Gasteiger partial charge in [0.1, 0.15) is 6.67 Å².